The number of amides is 2. The Kier molecular flexibility index (Phi) is 4.12. The zero-order valence-corrected chi connectivity index (χ0v) is 11.7. The molecule has 1 aliphatic heterocycles. The van der Waals surface area contributed by atoms with Crippen LogP contribution in [0.3, 0.4) is 0 Å². The number of ether oxygens (including phenoxy) is 1. The summed E-state index contributed by atoms with van der Waals surface area (Å²) in [5, 5.41) is 2.73. The number of likely N-dealkylation sites (tertiary alicyclic amines) is 1. The fourth-order valence-electron chi connectivity index (χ4n) is 2.20. The Labute approximate surface area is 117 Å². The molecule has 2 rings (SSSR count). The molecule has 1 aromatic carbocycles. The lowest BCUT2D eigenvalue weighted by Gasteiger charge is -2.13. The Hall–Kier alpha value is -2.24. The van der Waals surface area contributed by atoms with Crippen LogP contribution in [0.2, 0.25) is 0 Å². The number of hydrogen-bond donors (Lipinski definition) is 2. The van der Waals surface area contributed by atoms with Gasteiger partial charge in [0, 0.05) is 30.9 Å². The van der Waals surface area contributed by atoms with Crippen molar-refractivity contribution in [3.8, 4) is 5.75 Å². The predicted octanol–water partition coefficient (Wildman–Crippen LogP) is 0.628. The van der Waals surface area contributed by atoms with Gasteiger partial charge in [-0.05, 0) is 25.5 Å². The van der Waals surface area contributed by atoms with Gasteiger partial charge in [0.1, 0.15) is 11.8 Å². The number of rotatable bonds is 4. The van der Waals surface area contributed by atoms with Crippen LogP contribution < -0.4 is 15.8 Å². The summed E-state index contributed by atoms with van der Waals surface area (Å²) in [6.07, 6.45) is 0.627. The fourth-order valence-corrected chi connectivity index (χ4v) is 2.20. The molecule has 1 aliphatic rings. The van der Waals surface area contributed by atoms with Crippen molar-refractivity contribution in [1.29, 1.82) is 0 Å². The van der Waals surface area contributed by atoms with Crippen molar-refractivity contribution in [3.63, 3.8) is 0 Å². The van der Waals surface area contributed by atoms with Gasteiger partial charge >= 0.3 is 0 Å². The summed E-state index contributed by atoms with van der Waals surface area (Å²) < 4.78 is 5.35. The van der Waals surface area contributed by atoms with Gasteiger partial charge < -0.3 is 20.7 Å². The third-order valence-corrected chi connectivity index (χ3v) is 3.23. The molecule has 1 aromatic rings. The molecule has 0 bridgehead atoms. The summed E-state index contributed by atoms with van der Waals surface area (Å²) in [7, 11) is 1.72. The molecule has 1 fully saturated rings. The molecule has 1 atom stereocenters. The molecule has 6 nitrogen and oxygen atoms in total. The summed E-state index contributed by atoms with van der Waals surface area (Å²) >= 11 is 0. The Balaban J connectivity index is 2.11. The lowest BCUT2D eigenvalue weighted by Crippen LogP contribution is -2.40. The first-order valence-electron chi connectivity index (χ1n) is 6.60. The molecular weight excluding hydrogens is 258 g/mol. The second kappa shape index (κ2) is 5.81. The van der Waals surface area contributed by atoms with Crippen LogP contribution in [0.15, 0.2) is 18.2 Å². The first-order valence-corrected chi connectivity index (χ1v) is 6.60. The monoisotopic (exact) mass is 277 g/mol. The molecule has 0 aromatic heterocycles. The van der Waals surface area contributed by atoms with Gasteiger partial charge in [0.05, 0.1) is 6.61 Å². The average molecular weight is 277 g/mol. The fraction of sp³-hybridized carbons (Fsp3) is 0.429. The van der Waals surface area contributed by atoms with E-state index in [1.807, 2.05) is 6.92 Å². The van der Waals surface area contributed by atoms with Crippen LogP contribution in [0, 0.1) is 0 Å². The molecule has 0 saturated carbocycles. The summed E-state index contributed by atoms with van der Waals surface area (Å²) in [5.41, 5.74) is 6.60. The standard InChI is InChI=1S/C14H19N3O3/c1-3-20-11-7-9(6-10(15)8-11)13(18)16-12-4-5-17(2)14(12)19/h6-8,12H,3-5,15H2,1-2H3,(H,16,18). The van der Waals surface area contributed by atoms with E-state index in [4.69, 9.17) is 10.5 Å². The summed E-state index contributed by atoms with van der Waals surface area (Å²) in [4.78, 5) is 25.5. The first-order chi connectivity index (χ1) is 9.51. The number of hydrogen-bond acceptors (Lipinski definition) is 4. The minimum Gasteiger partial charge on any atom is -0.494 e. The number of nitrogens with two attached hydrogens (primary N) is 1. The first kappa shape index (κ1) is 14.2. The number of likely N-dealkylation sites (N-methyl/N-ethyl adjacent to an activating group) is 1. The number of nitrogens with zero attached hydrogens (tertiary/aromatic N) is 1. The van der Waals surface area contributed by atoms with E-state index < -0.39 is 6.04 Å². The molecule has 20 heavy (non-hydrogen) atoms. The molecule has 108 valence electrons. The van der Waals surface area contributed by atoms with Crippen LogP contribution in [0.5, 0.6) is 5.75 Å². The number of anilines is 1. The third-order valence-electron chi connectivity index (χ3n) is 3.23. The minimum atomic E-state index is -0.454. The van der Waals surface area contributed by atoms with Gasteiger partial charge in [-0.2, -0.15) is 0 Å². The highest BCUT2D eigenvalue weighted by Crippen LogP contribution is 2.19. The van der Waals surface area contributed by atoms with E-state index in [1.165, 1.54) is 0 Å². The summed E-state index contributed by atoms with van der Waals surface area (Å²) in [5.74, 6) is 0.173. The largest absolute Gasteiger partial charge is 0.494 e. The van der Waals surface area contributed by atoms with Gasteiger partial charge in [-0.1, -0.05) is 0 Å². The number of carbonyl (C=O) groups excluding carboxylic acids is 2. The van der Waals surface area contributed by atoms with Crippen LogP contribution in [0.25, 0.3) is 0 Å². The van der Waals surface area contributed by atoms with E-state index in [1.54, 1.807) is 30.1 Å². The molecule has 1 saturated heterocycles. The van der Waals surface area contributed by atoms with Gasteiger partial charge in [0.25, 0.3) is 5.91 Å². The predicted molar refractivity (Wildman–Crippen MR) is 75.5 cm³/mol. The van der Waals surface area contributed by atoms with E-state index in [2.05, 4.69) is 5.32 Å². The van der Waals surface area contributed by atoms with Crippen LogP contribution in [-0.4, -0.2) is 43.0 Å². The quantitative estimate of drug-likeness (QED) is 0.790. The Bertz CT molecular complexity index is 530. The number of nitrogens with one attached hydrogen (secondary N) is 1. The van der Waals surface area contributed by atoms with E-state index in [9.17, 15) is 9.59 Å². The Morgan fingerprint density at radius 1 is 1.50 bits per heavy atom. The molecule has 1 unspecified atom stereocenters. The SMILES string of the molecule is CCOc1cc(N)cc(C(=O)NC2CCN(C)C2=O)c1. The molecule has 1 heterocycles. The smallest absolute Gasteiger partial charge is 0.252 e. The van der Waals surface area contributed by atoms with E-state index >= 15 is 0 Å². The maximum Gasteiger partial charge on any atom is 0.252 e. The van der Waals surface area contributed by atoms with Crippen molar-refractivity contribution in [2.45, 2.75) is 19.4 Å². The molecule has 3 N–H and O–H groups in total. The number of carbonyl (C=O) groups is 2. The average Bonchev–Trinajstić information content (AvgIpc) is 2.70. The van der Waals surface area contributed by atoms with Crippen molar-refractivity contribution in [3.05, 3.63) is 23.8 Å². The zero-order valence-electron chi connectivity index (χ0n) is 11.7. The van der Waals surface area contributed by atoms with Gasteiger partial charge in [0.2, 0.25) is 5.91 Å². The van der Waals surface area contributed by atoms with Crippen molar-refractivity contribution < 1.29 is 14.3 Å². The number of benzene rings is 1. The van der Waals surface area contributed by atoms with Gasteiger partial charge in [-0.3, -0.25) is 9.59 Å². The maximum atomic E-state index is 12.2. The minimum absolute atomic E-state index is 0.0627. The van der Waals surface area contributed by atoms with Crippen LogP contribution in [-0.2, 0) is 4.79 Å². The summed E-state index contributed by atoms with van der Waals surface area (Å²) in [6, 6.07) is 4.40. The lowest BCUT2D eigenvalue weighted by molar-refractivity contribution is -0.128. The van der Waals surface area contributed by atoms with E-state index in [-0.39, 0.29) is 11.8 Å². The zero-order chi connectivity index (χ0) is 14.7. The highest BCUT2D eigenvalue weighted by Gasteiger charge is 2.30. The van der Waals surface area contributed by atoms with Crippen LogP contribution in [0.1, 0.15) is 23.7 Å². The summed E-state index contributed by atoms with van der Waals surface area (Å²) in [6.45, 7) is 3.01. The molecule has 2 amide bonds. The highest BCUT2D eigenvalue weighted by atomic mass is 16.5. The molecule has 0 radical (unpaired) electrons. The van der Waals surface area contributed by atoms with Crippen molar-refractivity contribution in [2.24, 2.45) is 0 Å². The second-order valence-corrected chi connectivity index (χ2v) is 4.80. The molecule has 6 heteroatoms. The maximum absolute atomic E-state index is 12.2. The Morgan fingerprint density at radius 2 is 2.25 bits per heavy atom. The second-order valence-electron chi connectivity index (χ2n) is 4.80. The van der Waals surface area contributed by atoms with Gasteiger partial charge in [-0.25, -0.2) is 0 Å². The van der Waals surface area contributed by atoms with Crippen molar-refractivity contribution in [1.82, 2.24) is 10.2 Å². The lowest BCUT2D eigenvalue weighted by atomic mass is 10.1. The third kappa shape index (κ3) is 3.01. The highest BCUT2D eigenvalue weighted by molar-refractivity contribution is 5.98. The van der Waals surface area contributed by atoms with E-state index in [0.717, 1.165) is 0 Å². The number of nitrogen functional groups attached to an aromatic ring is 1. The normalized spacial score (nSPS) is 18.2. The van der Waals surface area contributed by atoms with E-state index in [0.29, 0.717) is 36.6 Å². The van der Waals surface area contributed by atoms with Crippen molar-refractivity contribution in [2.75, 3.05) is 25.9 Å². The molecule has 0 aliphatic carbocycles. The van der Waals surface area contributed by atoms with Crippen molar-refractivity contribution >= 4 is 17.5 Å². The van der Waals surface area contributed by atoms with Crippen LogP contribution >= 0.6 is 0 Å². The topological polar surface area (TPSA) is 84.7 Å². The Morgan fingerprint density at radius 3 is 2.85 bits per heavy atom. The van der Waals surface area contributed by atoms with Gasteiger partial charge in [-0.15, -0.1) is 0 Å². The van der Waals surface area contributed by atoms with Crippen LogP contribution in [0.4, 0.5) is 5.69 Å². The molecular formula is C14H19N3O3. The van der Waals surface area contributed by atoms with Gasteiger partial charge in [0.15, 0.2) is 0 Å². The molecule has 0 spiro atoms.